The maximum Gasteiger partial charge on any atom is 0.407 e. The lowest BCUT2D eigenvalue weighted by atomic mass is 10.0. The van der Waals surface area contributed by atoms with Crippen LogP contribution in [0.1, 0.15) is 23.7 Å². The predicted molar refractivity (Wildman–Crippen MR) is 86.5 cm³/mol. The third-order valence-electron chi connectivity index (χ3n) is 3.73. The summed E-state index contributed by atoms with van der Waals surface area (Å²) in [5.74, 6) is -6.98. The molecule has 0 aliphatic rings. The standard InChI is InChI=1S/C18H17F4NO4/c19-11-8-12(20)16(22)14(15(11)21)17(25)13(24)6-7-23-18(26)27-9-10-4-2-1-3-5-10/h1-5,8,13,17,24-25H,6-7,9H2,(H,23,26). The number of hydrogen-bond donors (Lipinski definition) is 3. The molecule has 2 unspecified atom stereocenters. The predicted octanol–water partition coefficient (Wildman–Crippen LogP) is 2.95. The average Bonchev–Trinajstić information content (AvgIpc) is 2.65. The molecule has 2 aromatic rings. The maximum atomic E-state index is 13.6. The van der Waals surface area contributed by atoms with E-state index in [1.54, 1.807) is 30.3 Å². The summed E-state index contributed by atoms with van der Waals surface area (Å²) >= 11 is 0. The molecule has 27 heavy (non-hydrogen) atoms. The Morgan fingerprint density at radius 1 is 1.04 bits per heavy atom. The molecule has 0 fully saturated rings. The number of carbonyl (C=O) groups excluding carboxylic acids is 1. The highest BCUT2D eigenvalue weighted by Gasteiger charge is 2.29. The molecule has 0 saturated heterocycles. The van der Waals surface area contributed by atoms with E-state index >= 15 is 0 Å². The number of aliphatic hydroxyl groups is 2. The summed E-state index contributed by atoms with van der Waals surface area (Å²) in [5.41, 5.74) is -0.561. The molecule has 5 nitrogen and oxygen atoms in total. The first-order chi connectivity index (χ1) is 12.8. The highest BCUT2D eigenvalue weighted by Crippen LogP contribution is 2.28. The molecule has 2 aromatic carbocycles. The second kappa shape index (κ2) is 9.33. The summed E-state index contributed by atoms with van der Waals surface area (Å²) < 4.78 is 58.5. The number of carbonyl (C=O) groups is 1. The Kier molecular flexibility index (Phi) is 7.14. The molecule has 0 radical (unpaired) electrons. The van der Waals surface area contributed by atoms with Crippen molar-refractivity contribution < 1.29 is 37.3 Å². The Morgan fingerprint density at radius 3 is 2.22 bits per heavy atom. The molecule has 0 saturated carbocycles. The molecule has 0 aliphatic carbocycles. The molecule has 3 N–H and O–H groups in total. The minimum absolute atomic E-state index is 0.00242. The number of amides is 1. The Balaban J connectivity index is 1.85. The fourth-order valence-corrected chi connectivity index (χ4v) is 2.30. The Labute approximate surface area is 152 Å². The summed E-state index contributed by atoms with van der Waals surface area (Å²) in [4.78, 5) is 11.5. The number of ether oxygens (including phenoxy) is 1. The minimum Gasteiger partial charge on any atom is -0.445 e. The first-order valence-electron chi connectivity index (χ1n) is 7.94. The quantitative estimate of drug-likeness (QED) is 0.504. The summed E-state index contributed by atoms with van der Waals surface area (Å²) in [5, 5.41) is 21.9. The number of halogens is 4. The van der Waals surface area contributed by atoms with Gasteiger partial charge in [-0.25, -0.2) is 22.4 Å². The van der Waals surface area contributed by atoms with Crippen molar-refractivity contribution in [3.05, 3.63) is 70.8 Å². The molecule has 146 valence electrons. The summed E-state index contributed by atoms with van der Waals surface area (Å²) in [6.45, 7) is -0.205. The lowest BCUT2D eigenvalue weighted by Crippen LogP contribution is -2.30. The van der Waals surface area contributed by atoms with E-state index in [0.717, 1.165) is 5.56 Å². The van der Waals surface area contributed by atoms with E-state index < -0.39 is 47.1 Å². The largest absolute Gasteiger partial charge is 0.445 e. The van der Waals surface area contributed by atoms with Crippen LogP contribution < -0.4 is 5.32 Å². The van der Waals surface area contributed by atoms with Crippen molar-refractivity contribution >= 4 is 6.09 Å². The van der Waals surface area contributed by atoms with E-state index in [9.17, 15) is 32.6 Å². The number of nitrogens with one attached hydrogen (secondary N) is 1. The number of alkyl carbamates (subject to hydrolysis) is 1. The zero-order valence-corrected chi connectivity index (χ0v) is 14.0. The number of hydrogen-bond acceptors (Lipinski definition) is 4. The lowest BCUT2D eigenvalue weighted by Gasteiger charge is -2.19. The Bertz CT molecular complexity index is 762. The fraction of sp³-hybridized carbons (Fsp3) is 0.278. The molecule has 2 atom stereocenters. The molecule has 9 heteroatoms. The van der Waals surface area contributed by atoms with Crippen molar-refractivity contribution in [3.63, 3.8) is 0 Å². The van der Waals surface area contributed by atoms with Crippen molar-refractivity contribution in [3.8, 4) is 0 Å². The molecule has 2 rings (SSSR count). The monoisotopic (exact) mass is 387 g/mol. The van der Waals surface area contributed by atoms with Crippen LogP contribution in [-0.4, -0.2) is 29.0 Å². The zero-order chi connectivity index (χ0) is 20.0. The van der Waals surface area contributed by atoms with Gasteiger partial charge >= 0.3 is 6.09 Å². The van der Waals surface area contributed by atoms with Gasteiger partial charge in [0.1, 0.15) is 12.7 Å². The second-order valence-corrected chi connectivity index (χ2v) is 5.67. The first kappa shape index (κ1) is 20.7. The molecule has 0 aromatic heterocycles. The van der Waals surface area contributed by atoms with Gasteiger partial charge in [0, 0.05) is 12.6 Å². The zero-order valence-electron chi connectivity index (χ0n) is 14.0. The SMILES string of the molecule is O=C(NCCC(O)C(O)c1c(F)c(F)cc(F)c1F)OCc1ccccc1. The van der Waals surface area contributed by atoms with Gasteiger partial charge in [-0.3, -0.25) is 0 Å². The van der Waals surface area contributed by atoms with Gasteiger partial charge in [0.2, 0.25) is 0 Å². The van der Waals surface area contributed by atoms with Crippen LogP contribution in [0.15, 0.2) is 36.4 Å². The second-order valence-electron chi connectivity index (χ2n) is 5.67. The van der Waals surface area contributed by atoms with Crippen molar-refractivity contribution in [2.75, 3.05) is 6.54 Å². The third-order valence-corrected chi connectivity index (χ3v) is 3.73. The van der Waals surface area contributed by atoms with Gasteiger partial charge in [-0.2, -0.15) is 0 Å². The third kappa shape index (κ3) is 5.41. The van der Waals surface area contributed by atoms with Crippen LogP contribution in [0.4, 0.5) is 22.4 Å². The van der Waals surface area contributed by atoms with Crippen molar-refractivity contribution in [2.45, 2.75) is 25.2 Å². The average molecular weight is 387 g/mol. The van der Waals surface area contributed by atoms with Crippen molar-refractivity contribution in [1.29, 1.82) is 0 Å². The van der Waals surface area contributed by atoms with E-state index in [-0.39, 0.29) is 25.6 Å². The lowest BCUT2D eigenvalue weighted by molar-refractivity contribution is 0.00863. The number of benzene rings is 2. The maximum absolute atomic E-state index is 13.6. The topological polar surface area (TPSA) is 78.8 Å². The van der Waals surface area contributed by atoms with Gasteiger partial charge in [-0.1, -0.05) is 30.3 Å². The van der Waals surface area contributed by atoms with Gasteiger partial charge in [0.05, 0.1) is 11.7 Å². The van der Waals surface area contributed by atoms with Gasteiger partial charge in [0.25, 0.3) is 0 Å². The normalized spacial score (nSPS) is 13.1. The highest BCUT2D eigenvalue weighted by molar-refractivity contribution is 5.67. The van der Waals surface area contributed by atoms with Gasteiger partial charge in [-0.15, -0.1) is 0 Å². The van der Waals surface area contributed by atoms with E-state index in [2.05, 4.69) is 5.32 Å². The van der Waals surface area contributed by atoms with Crippen LogP contribution in [0.2, 0.25) is 0 Å². The molecule has 1 amide bonds. The number of rotatable bonds is 7. The molecule has 0 heterocycles. The Morgan fingerprint density at radius 2 is 1.63 bits per heavy atom. The van der Waals surface area contributed by atoms with Gasteiger partial charge in [0.15, 0.2) is 23.3 Å². The molecule has 0 aliphatic heterocycles. The van der Waals surface area contributed by atoms with Crippen LogP contribution in [-0.2, 0) is 11.3 Å². The first-order valence-corrected chi connectivity index (χ1v) is 7.94. The van der Waals surface area contributed by atoms with E-state index in [0.29, 0.717) is 0 Å². The summed E-state index contributed by atoms with van der Waals surface area (Å²) in [7, 11) is 0. The summed E-state index contributed by atoms with van der Waals surface area (Å²) in [6, 6.07) is 8.82. The Hall–Kier alpha value is -2.65. The van der Waals surface area contributed by atoms with Crippen LogP contribution in [0, 0.1) is 23.3 Å². The molecule has 0 bridgehead atoms. The van der Waals surface area contributed by atoms with Gasteiger partial charge < -0.3 is 20.3 Å². The van der Waals surface area contributed by atoms with E-state index in [1.165, 1.54) is 0 Å². The smallest absolute Gasteiger partial charge is 0.407 e. The minimum atomic E-state index is -2.22. The van der Waals surface area contributed by atoms with E-state index in [4.69, 9.17) is 4.74 Å². The van der Waals surface area contributed by atoms with Crippen LogP contribution in [0.3, 0.4) is 0 Å². The van der Waals surface area contributed by atoms with Crippen molar-refractivity contribution in [2.24, 2.45) is 0 Å². The van der Waals surface area contributed by atoms with Crippen LogP contribution >= 0.6 is 0 Å². The molecule has 0 spiro atoms. The highest BCUT2D eigenvalue weighted by atomic mass is 19.2. The van der Waals surface area contributed by atoms with Gasteiger partial charge in [-0.05, 0) is 12.0 Å². The van der Waals surface area contributed by atoms with Crippen molar-refractivity contribution in [1.82, 2.24) is 5.32 Å². The summed E-state index contributed by atoms with van der Waals surface area (Å²) in [6.07, 6.45) is -5.17. The van der Waals surface area contributed by atoms with E-state index in [1.807, 2.05) is 0 Å². The molecular formula is C18H17F4NO4. The van der Waals surface area contributed by atoms with Crippen LogP contribution in [0.25, 0.3) is 0 Å². The van der Waals surface area contributed by atoms with Crippen LogP contribution in [0.5, 0.6) is 0 Å². The fourth-order valence-electron chi connectivity index (χ4n) is 2.30. The molecular weight excluding hydrogens is 370 g/mol. The number of aliphatic hydroxyl groups excluding tert-OH is 2.